The first-order valence-electron chi connectivity index (χ1n) is 3.76. The van der Waals surface area contributed by atoms with Crippen LogP contribution in [-0.2, 0) is 9.59 Å². The molecule has 6 heteroatoms. The summed E-state index contributed by atoms with van der Waals surface area (Å²) in [6.45, 7) is 0.131. The molecule has 0 aromatic rings. The van der Waals surface area contributed by atoms with Gasteiger partial charge in [-0.3, -0.25) is 9.59 Å². The Labute approximate surface area is 107 Å². The zero-order valence-electron chi connectivity index (χ0n) is 7.45. The number of carboxylic acid groups (broad SMARTS) is 1. The molecule has 1 amide bonds. The van der Waals surface area contributed by atoms with Gasteiger partial charge in [0.15, 0.2) is 0 Å². The molecule has 0 aliphatic heterocycles. The molecular formula is C7H13CaNO4+2. The maximum absolute atomic E-state index is 10.8. The fourth-order valence-electron chi connectivity index (χ4n) is 0.637. The number of carbonyl (C=O) groups is 2. The molecule has 0 aromatic carbocycles. The monoisotopic (exact) mass is 215 g/mol. The Morgan fingerprint density at radius 1 is 1.23 bits per heavy atom. The predicted octanol–water partition coefficient (Wildman–Crippen LogP) is -1.03. The van der Waals surface area contributed by atoms with Crippen molar-refractivity contribution in [3.63, 3.8) is 0 Å². The number of nitrogens with one attached hydrogen (secondary N) is 1. The van der Waals surface area contributed by atoms with Crippen molar-refractivity contribution in [1.82, 2.24) is 5.32 Å². The van der Waals surface area contributed by atoms with Gasteiger partial charge in [0.2, 0.25) is 5.91 Å². The van der Waals surface area contributed by atoms with E-state index >= 15 is 0 Å². The first-order valence-corrected chi connectivity index (χ1v) is 3.76. The molecule has 0 saturated heterocycles. The van der Waals surface area contributed by atoms with Gasteiger partial charge in [0.05, 0.1) is 6.42 Å². The number of hydrogen-bond acceptors (Lipinski definition) is 3. The van der Waals surface area contributed by atoms with Gasteiger partial charge in [-0.1, -0.05) is 0 Å². The maximum Gasteiger partial charge on any atom is 2.00 e. The van der Waals surface area contributed by atoms with Crippen molar-refractivity contribution in [3.8, 4) is 0 Å². The van der Waals surface area contributed by atoms with E-state index in [1.165, 1.54) is 0 Å². The van der Waals surface area contributed by atoms with Crippen molar-refractivity contribution >= 4 is 49.6 Å². The summed E-state index contributed by atoms with van der Waals surface area (Å²) in [7, 11) is 0. The van der Waals surface area contributed by atoms with Crippen LogP contribution in [0.5, 0.6) is 0 Å². The molecular weight excluding hydrogens is 202 g/mol. The Morgan fingerprint density at radius 2 is 1.85 bits per heavy atom. The number of aliphatic carboxylic acids is 1. The summed E-state index contributed by atoms with van der Waals surface area (Å²) in [5.74, 6) is -1.15. The summed E-state index contributed by atoms with van der Waals surface area (Å²) in [6, 6.07) is 0. The van der Waals surface area contributed by atoms with Gasteiger partial charge < -0.3 is 15.5 Å². The maximum atomic E-state index is 10.8. The number of aliphatic hydroxyl groups excluding tert-OH is 1. The first-order chi connectivity index (χ1) is 5.66. The van der Waals surface area contributed by atoms with Gasteiger partial charge in [-0.2, -0.15) is 0 Å². The summed E-state index contributed by atoms with van der Waals surface area (Å²) < 4.78 is 0. The van der Waals surface area contributed by atoms with Crippen LogP contribution in [0, 0.1) is 0 Å². The van der Waals surface area contributed by atoms with Crippen LogP contribution in [0.15, 0.2) is 0 Å². The molecule has 0 spiro atoms. The number of carboxylic acids is 1. The molecule has 0 rings (SSSR count). The van der Waals surface area contributed by atoms with Gasteiger partial charge in [-0.05, 0) is 6.42 Å². The third-order valence-electron chi connectivity index (χ3n) is 1.22. The number of carbonyl (C=O) groups excluding carboxylic acids is 1. The second-order valence-electron chi connectivity index (χ2n) is 2.32. The van der Waals surface area contributed by atoms with Crippen molar-refractivity contribution in [2.24, 2.45) is 0 Å². The average Bonchev–Trinajstić information content (AvgIpc) is 2.00. The molecule has 0 radical (unpaired) electrons. The molecule has 0 heterocycles. The normalized spacial score (nSPS) is 8.69. The Morgan fingerprint density at radius 3 is 2.31 bits per heavy atom. The van der Waals surface area contributed by atoms with E-state index in [-0.39, 0.29) is 69.6 Å². The number of amides is 1. The summed E-state index contributed by atoms with van der Waals surface area (Å²) in [5.41, 5.74) is 0. The molecule has 0 fully saturated rings. The Bertz CT molecular complexity index is 163. The molecule has 0 aromatic heterocycles. The van der Waals surface area contributed by atoms with E-state index in [1.807, 2.05) is 0 Å². The molecule has 3 N–H and O–H groups in total. The zero-order valence-corrected chi connectivity index (χ0v) is 9.66. The van der Waals surface area contributed by atoms with E-state index in [4.69, 9.17) is 10.2 Å². The standard InChI is InChI=1S/C7H13NO4.Ca/c9-5-1-2-6(10)8-4-3-7(11)12;/h9H,1-5H2,(H,8,10)(H,11,12);/q;+2. The van der Waals surface area contributed by atoms with Gasteiger partial charge in [-0.15, -0.1) is 0 Å². The van der Waals surface area contributed by atoms with Gasteiger partial charge in [0, 0.05) is 19.6 Å². The van der Waals surface area contributed by atoms with Crippen LogP contribution in [0.1, 0.15) is 19.3 Å². The second-order valence-corrected chi connectivity index (χ2v) is 2.32. The molecule has 0 atom stereocenters. The van der Waals surface area contributed by atoms with Crippen molar-refractivity contribution in [1.29, 1.82) is 0 Å². The van der Waals surface area contributed by atoms with Crippen LogP contribution < -0.4 is 5.32 Å². The van der Waals surface area contributed by atoms with Crippen molar-refractivity contribution in [2.75, 3.05) is 13.2 Å². The second kappa shape index (κ2) is 10.2. The van der Waals surface area contributed by atoms with E-state index in [1.54, 1.807) is 0 Å². The third-order valence-corrected chi connectivity index (χ3v) is 1.22. The van der Waals surface area contributed by atoms with E-state index in [9.17, 15) is 9.59 Å². The van der Waals surface area contributed by atoms with Crippen LogP contribution >= 0.6 is 0 Å². The van der Waals surface area contributed by atoms with Gasteiger partial charge in [0.1, 0.15) is 0 Å². The quantitative estimate of drug-likeness (QED) is 0.494. The van der Waals surface area contributed by atoms with Crippen molar-refractivity contribution in [2.45, 2.75) is 19.3 Å². The summed E-state index contributed by atoms with van der Waals surface area (Å²) in [4.78, 5) is 20.8. The molecule has 0 aliphatic rings. The molecule has 0 unspecified atom stereocenters. The van der Waals surface area contributed by atoms with Crippen molar-refractivity contribution in [3.05, 3.63) is 0 Å². The minimum Gasteiger partial charge on any atom is -0.481 e. The van der Waals surface area contributed by atoms with Crippen LogP contribution in [0.2, 0.25) is 0 Å². The summed E-state index contributed by atoms with van der Waals surface area (Å²) >= 11 is 0. The van der Waals surface area contributed by atoms with Crippen LogP contribution in [-0.4, -0.2) is 73.0 Å². The minimum atomic E-state index is -0.933. The third kappa shape index (κ3) is 12.2. The fourth-order valence-corrected chi connectivity index (χ4v) is 0.637. The molecule has 70 valence electrons. The van der Waals surface area contributed by atoms with Crippen LogP contribution in [0.25, 0.3) is 0 Å². The van der Waals surface area contributed by atoms with Gasteiger partial charge in [-0.25, -0.2) is 0 Å². The van der Waals surface area contributed by atoms with Crippen LogP contribution in [0.4, 0.5) is 0 Å². The minimum absolute atomic E-state index is 0. The van der Waals surface area contributed by atoms with Gasteiger partial charge in [0.25, 0.3) is 0 Å². The average molecular weight is 215 g/mol. The van der Waals surface area contributed by atoms with E-state index in [0.29, 0.717) is 6.42 Å². The first kappa shape index (κ1) is 15.6. The number of aliphatic hydroxyl groups is 1. The predicted molar refractivity (Wildman–Crippen MR) is 47.3 cm³/mol. The Balaban J connectivity index is 0. The summed E-state index contributed by atoms with van der Waals surface area (Å²) in [5, 5.41) is 19.0. The van der Waals surface area contributed by atoms with E-state index < -0.39 is 5.97 Å². The Hall–Kier alpha value is 0.160. The molecule has 0 bridgehead atoms. The fraction of sp³-hybridized carbons (Fsp3) is 0.714. The van der Waals surface area contributed by atoms with E-state index in [0.717, 1.165) is 0 Å². The SMILES string of the molecule is O=C(O)CCNC(=O)CCCO.[Ca+2]. The van der Waals surface area contributed by atoms with E-state index in [2.05, 4.69) is 5.32 Å². The van der Waals surface area contributed by atoms with Crippen LogP contribution in [0.3, 0.4) is 0 Å². The number of hydrogen-bond donors (Lipinski definition) is 3. The molecule has 5 nitrogen and oxygen atoms in total. The smallest absolute Gasteiger partial charge is 0.481 e. The summed E-state index contributed by atoms with van der Waals surface area (Å²) in [6.07, 6.45) is 0.597. The molecule has 0 saturated carbocycles. The molecule has 0 aliphatic carbocycles. The van der Waals surface area contributed by atoms with Gasteiger partial charge >= 0.3 is 43.7 Å². The van der Waals surface area contributed by atoms with Crippen molar-refractivity contribution < 1.29 is 19.8 Å². The zero-order chi connectivity index (χ0) is 9.40. The Kier molecular flexibility index (Phi) is 12.3. The topological polar surface area (TPSA) is 86.6 Å². The molecule has 13 heavy (non-hydrogen) atoms. The largest absolute Gasteiger partial charge is 2.00 e. The number of rotatable bonds is 6.